The third kappa shape index (κ3) is 4.13. The van der Waals surface area contributed by atoms with E-state index in [2.05, 4.69) is 5.32 Å². The van der Waals surface area contributed by atoms with Crippen LogP contribution < -0.4 is 10.2 Å². The second-order valence-electron chi connectivity index (χ2n) is 7.57. The number of nitriles is 1. The van der Waals surface area contributed by atoms with E-state index < -0.39 is 42.5 Å². The third-order valence-electron chi connectivity index (χ3n) is 5.74. The van der Waals surface area contributed by atoms with Gasteiger partial charge in [0.2, 0.25) is 0 Å². The van der Waals surface area contributed by atoms with E-state index in [-0.39, 0.29) is 12.5 Å². The van der Waals surface area contributed by atoms with E-state index >= 15 is 0 Å². The predicted molar refractivity (Wildman–Crippen MR) is 106 cm³/mol. The van der Waals surface area contributed by atoms with E-state index in [1.165, 1.54) is 4.90 Å². The van der Waals surface area contributed by atoms with Crippen LogP contribution in [-0.4, -0.2) is 54.0 Å². The zero-order valence-corrected chi connectivity index (χ0v) is 16.8. The van der Waals surface area contributed by atoms with Crippen molar-refractivity contribution in [1.29, 1.82) is 5.26 Å². The quantitative estimate of drug-likeness (QED) is 0.430. The molecule has 0 bridgehead atoms. The number of benzene rings is 1. The maximum Gasteiger partial charge on any atom is 0.326 e. The Morgan fingerprint density at radius 1 is 1.30 bits per heavy atom. The van der Waals surface area contributed by atoms with Crippen LogP contribution >= 0.6 is 0 Å². The summed E-state index contributed by atoms with van der Waals surface area (Å²) in [6.45, 7) is 0.565. The highest BCUT2D eigenvalue weighted by Crippen LogP contribution is 2.38. The first-order chi connectivity index (χ1) is 14.4. The minimum absolute atomic E-state index is 0.0179. The van der Waals surface area contributed by atoms with Crippen molar-refractivity contribution in [2.75, 3.05) is 24.6 Å². The fraction of sp³-hybridized carbons (Fsp3) is 0.476. The summed E-state index contributed by atoms with van der Waals surface area (Å²) in [7, 11) is 0. The van der Waals surface area contributed by atoms with Crippen LogP contribution in [0.4, 0.5) is 10.5 Å². The number of hydrogen-bond acceptors (Lipinski definition) is 6. The lowest BCUT2D eigenvalue weighted by Crippen LogP contribution is -2.54. The zero-order valence-electron chi connectivity index (χ0n) is 16.8. The number of ether oxygens (including phenoxy) is 1. The number of hydrogen-bond donors (Lipinski definition) is 1. The largest absolute Gasteiger partial charge is 0.454 e. The molecule has 4 amide bonds. The number of anilines is 1. The first kappa shape index (κ1) is 21.3. The molecule has 9 heteroatoms. The van der Waals surface area contributed by atoms with E-state index in [4.69, 9.17) is 10.00 Å². The van der Waals surface area contributed by atoms with Crippen molar-refractivity contribution in [2.24, 2.45) is 5.92 Å². The number of imide groups is 1. The fourth-order valence-electron chi connectivity index (χ4n) is 4.04. The number of urea groups is 1. The van der Waals surface area contributed by atoms with Gasteiger partial charge in [0.25, 0.3) is 11.8 Å². The van der Waals surface area contributed by atoms with E-state index in [9.17, 15) is 19.2 Å². The molecule has 1 N–H and O–H groups in total. The molecule has 1 saturated heterocycles. The van der Waals surface area contributed by atoms with Crippen molar-refractivity contribution >= 4 is 29.5 Å². The number of nitrogens with zero attached hydrogens (tertiary/aromatic N) is 3. The lowest BCUT2D eigenvalue weighted by molar-refractivity contribution is -0.151. The van der Waals surface area contributed by atoms with E-state index in [1.54, 1.807) is 30.3 Å². The van der Waals surface area contributed by atoms with E-state index in [0.717, 1.165) is 24.2 Å². The Morgan fingerprint density at radius 3 is 2.70 bits per heavy atom. The van der Waals surface area contributed by atoms with Gasteiger partial charge in [0.05, 0.1) is 6.07 Å². The molecule has 0 radical (unpaired) electrons. The average molecular weight is 412 g/mol. The monoisotopic (exact) mass is 412 g/mol. The van der Waals surface area contributed by atoms with Crippen LogP contribution in [0.3, 0.4) is 0 Å². The van der Waals surface area contributed by atoms with Gasteiger partial charge in [0.1, 0.15) is 18.6 Å². The molecule has 30 heavy (non-hydrogen) atoms. The second kappa shape index (κ2) is 8.95. The summed E-state index contributed by atoms with van der Waals surface area (Å²) >= 11 is 0. The van der Waals surface area contributed by atoms with Gasteiger partial charge in [0, 0.05) is 5.69 Å². The van der Waals surface area contributed by atoms with Gasteiger partial charge < -0.3 is 10.1 Å². The van der Waals surface area contributed by atoms with Crippen LogP contribution in [0.1, 0.15) is 32.6 Å². The Labute approximate surface area is 174 Å². The molecule has 1 saturated carbocycles. The maximum atomic E-state index is 12.9. The second-order valence-corrected chi connectivity index (χ2v) is 7.57. The molecule has 2 atom stereocenters. The Hall–Kier alpha value is -3.41. The van der Waals surface area contributed by atoms with Crippen molar-refractivity contribution in [2.45, 2.75) is 38.1 Å². The van der Waals surface area contributed by atoms with Gasteiger partial charge in [-0.3, -0.25) is 24.2 Å². The molecule has 1 aliphatic heterocycles. The number of carbonyl (C=O) groups excluding carboxylic acids is 4. The topological polar surface area (TPSA) is 120 Å². The van der Waals surface area contributed by atoms with Gasteiger partial charge in [-0.05, 0) is 30.9 Å². The summed E-state index contributed by atoms with van der Waals surface area (Å²) in [6, 6.07) is 9.82. The molecule has 2 aliphatic rings. The fourth-order valence-corrected chi connectivity index (χ4v) is 4.04. The van der Waals surface area contributed by atoms with Gasteiger partial charge in [-0.2, -0.15) is 5.26 Å². The summed E-state index contributed by atoms with van der Waals surface area (Å²) in [5.41, 5.74) is -0.454. The molecule has 1 aromatic rings. The van der Waals surface area contributed by atoms with Gasteiger partial charge in [-0.1, -0.05) is 38.0 Å². The van der Waals surface area contributed by atoms with E-state index in [1.807, 2.05) is 13.0 Å². The minimum atomic E-state index is -0.956. The highest BCUT2D eigenvalue weighted by Gasteiger charge is 2.55. The normalized spacial score (nSPS) is 23.1. The number of rotatable bonds is 6. The van der Waals surface area contributed by atoms with Crippen LogP contribution in [-0.2, 0) is 19.1 Å². The lowest BCUT2D eigenvalue weighted by atomic mass is 9.73. The molecule has 1 spiro atoms. The predicted octanol–water partition coefficient (Wildman–Crippen LogP) is 1.59. The summed E-state index contributed by atoms with van der Waals surface area (Å²) in [5.74, 6) is -1.88. The Kier molecular flexibility index (Phi) is 6.35. The third-order valence-corrected chi connectivity index (χ3v) is 5.74. The van der Waals surface area contributed by atoms with E-state index in [0.29, 0.717) is 12.1 Å². The van der Waals surface area contributed by atoms with Crippen molar-refractivity contribution in [3.63, 3.8) is 0 Å². The summed E-state index contributed by atoms with van der Waals surface area (Å²) in [4.78, 5) is 51.9. The Balaban J connectivity index is 1.59. The smallest absolute Gasteiger partial charge is 0.326 e. The van der Waals surface area contributed by atoms with Gasteiger partial charge in [0.15, 0.2) is 6.61 Å². The minimum Gasteiger partial charge on any atom is -0.454 e. The molecule has 0 aromatic heterocycles. The molecule has 1 aromatic carbocycles. The average Bonchev–Trinajstić information content (AvgIpc) is 2.98. The molecular formula is C21H24N4O5. The molecule has 2 fully saturated rings. The van der Waals surface area contributed by atoms with Crippen molar-refractivity contribution in [1.82, 2.24) is 10.2 Å². The van der Waals surface area contributed by atoms with Gasteiger partial charge in [-0.25, -0.2) is 4.79 Å². The van der Waals surface area contributed by atoms with Crippen LogP contribution in [0.2, 0.25) is 0 Å². The summed E-state index contributed by atoms with van der Waals surface area (Å²) < 4.78 is 5.00. The summed E-state index contributed by atoms with van der Waals surface area (Å²) in [5, 5.41) is 11.7. The molecule has 9 nitrogen and oxygen atoms in total. The summed E-state index contributed by atoms with van der Waals surface area (Å²) in [6.07, 6.45) is 3.20. The standard InChI is InChI=1S/C21H24N4O5/c1-15-7-5-6-10-21(15)19(28)25(20(29)23-21)13-18(27)30-14-17(26)24(12-11-22)16-8-3-2-4-9-16/h2-4,8-9,15H,5-7,10,12-14H2,1H3,(H,23,29)/t15-,21+/m0/s1. The number of carbonyl (C=O) groups is 4. The molecule has 3 rings (SSSR count). The number of esters is 1. The Morgan fingerprint density at radius 2 is 2.03 bits per heavy atom. The maximum absolute atomic E-state index is 12.9. The van der Waals surface area contributed by atoms with Crippen molar-refractivity contribution < 1.29 is 23.9 Å². The van der Waals surface area contributed by atoms with Crippen LogP contribution in [0, 0.1) is 17.2 Å². The zero-order chi connectivity index (χ0) is 21.7. The SMILES string of the molecule is C[C@H]1CCCC[C@@]12NC(=O)N(CC(=O)OCC(=O)N(CC#N)c1ccccc1)C2=O. The van der Waals surface area contributed by atoms with Gasteiger partial charge in [-0.15, -0.1) is 0 Å². The Bertz CT molecular complexity index is 881. The van der Waals surface area contributed by atoms with Crippen molar-refractivity contribution in [3.8, 4) is 6.07 Å². The molecule has 158 valence electrons. The first-order valence-corrected chi connectivity index (χ1v) is 9.91. The molecule has 0 unspecified atom stereocenters. The van der Waals surface area contributed by atoms with Crippen LogP contribution in [0.25, 0.3) is 0 Å². The first-order valence-electron chi connectivity index (χ1n) is 9.91. The van der Waals surface area contributed by atoms with Crippen LogP contribution in [0.15, 0.2) is 30.3 Å². The molecule has 1 heterocycles. The number of para-hydroxylation sites is 1. The highest BCUT2D eigenvalue weighted by molar-refractivity contribution is 6.09. The number of nitrogens with one attached hydrogen (secondary N) is 1. The van der Waals surface area contributed by atoms with Crippen LogP contribution in [0.5, 0.6) is 0 Å². The molecular weight excluding hydrogens is 388 g/mol. The van der Waals surface area contributed by atoms with Gasteiger partial charge >= 0.3 is 12.0 Å². The molecule has 1 aliphatic carbocycles. The lowest BCUT2D eigenvalue weighted by Gasteiger charge is -2.36. The number of amides is 4. The van der Waals surface area contributed by atoms with Crippen molar-refractivity contribution in [3.05, 3.63) is 30.3 Å². The highest BCUT2D eigenvalue weighted by atomic mass is 16.5.